The van der Waals surface area contributed by atoms with Gasteiger partial charge >= 0.3 is 0 Å². The van der Waals surface area contributed by atoms with Gasteiger partial charge in [0.2, 0.25) is 0 Å². The van der Waals surface area contributed by atoms with Crippen molar-refractivity contribution in [3.05, 3.63) is 0 Å². The van der Waals surface area contributed by atoms with Crippen LogP contribution >= 0.6 is 0 Å². The third kappa shape index (κ3) is 13.5. The van der Waals surface area contributed by atoms with Crippen molar-refractivity contribution in [1.82, 2.24) is 0 Å². The van der Waals surface area contributed by atoms with E-state index in [1.165, 1.54) is 0 Å². The first-order chi connectivity index (χ1) is 10.7. The Hall–Kier alpha value is 2.53. The zero-order valence-corrected chi connectivity index (χ0v) is 33.4. The van der Waals surface area contributed by atoms with Crippen molar-refractivity contribution in [3.63, 3.8) is 0 Å². The summed E-state index contributed by atoms with van der Waals surface area (Å²) in [5, 5.41) is 0. The smallest absolute Gasteiger partial charge is 0.0306 e. The maximum Gasteiger partial charge on any atom is 0.0306 e. The van der Waals surface area contributed by atoms with Gasteiger partial charge in [-0.3, -0.25) is 0 Å². The Kier molecular flexibility index (Phi) is 13.8. The van der Waals surface area contributed by atoms with Crippen molar-refractivity contribution in [2.75, 3.05) is 0 Å². The van der Waals surface area contributed by atoms with Crippen molar-refractivity contribution in [1.29, 1.82) is 0 Å². The van der Waals surface area contributed by atoms with E-state index in [-0.39, 0.29) is 38.6 Å². The van der Waals surface area contributed by atoms with Crippen molar-refractivity contribution in [3.8, 4) is 0 Å². The molecule has 0 N–H and O–H groups in total. The Morgan fingerprint density at radius 1 is 0.259 bits per heavy atom. The van der Waals surface area contributed by atoms with Gasteiger partial charge < -0.3 is 0 Å². The van der Waals surface area contributed by atoms with Crippen LogP contribution < -0.4 is 0 Å². The van der Waals surface area contributed by atoms with Gasteiger partial charge in [-0.15, -0.1) is 0 Å². The van der Waals surface area contributed by atoms with E-state index >= 15 is 0 Å². The number of hydrogen-bond donors (Lipinski definition) is 0. The van der Waals surface area contributed by atoms with E-state index in [1.807, 2.05) is 0 Å². The molecule has 162 valence electrons. The Labute approximate surface area is 200 Å². The average Bonchev–Trinajstić information content (AvgIpc) is 1.97. The molecule has 0 aromatic rings. The van der Waals surface area contributed by atoms with E-state index in [1.54, 1.807) is 0 Å². The molecule has 0 spiro atoms. The van der Waals surface area contributed by atoms with Gasteiger partial charge in [0.25, 0.3) is 0 Å². The third-order valence-electron chi connectivity index (χ3n) is 4.50. The van der Waals surface area contributed by atoms with Gasteiger partial charge in [0.05, 0.1) is 0 Å². The van der Waals surface area contributed by atoms with Crippen molar-refractivity contribution in [2.24, 2.45) is 0 Å². The quantitative estimate of drug-likeness (QED) is 0.281. The molecular formula is C18H54Si8Sn. The van der Waals surface area contributed by atoms with Crippen LogP contribution in [0.2, 0.25) is 118 Å². The first-order valence-corrected chi connectivity index (χ1v) is 40.5. The minimum Gasteiger partial charge on any atom is -0.0721 e. The van der Waals surface area contributed by atoms with Crippen LogP contribution in [0, 0.1) is 0 Å². The predicted molar refractivity (Wildman–Crippen MR) is 157 cm³/mol. The molecule has 0 saturated heterocycles. The largest absolute Gasteiger partial charge is 0.0721 e. The van der Waals surface area contributed by atoms with Crippen LogP contribution in [-0.4, -0.2) is 84.2 Å². The van der Waals surface area contributed by atoms with E-state index in [9.17, 15) is 0 Å². The summed E-state index contributed by atoms with van der Waals surface area (Å²) in [6, 6.07) is 0. The summed E-state index contributed by atoms with van der Waals surface area (Å²) in [4.78, 5) is 0. The van der Waals surface area contributed by atoms with Crippen LogP contribution in [0.5, 0.6) is 0 Å². The monoisotopic (exact) mass is 614 g/mol. The van der Waals surface area contributed by atoms with Crippen molar-refractivity contribution >= 4 is 84.2 Å². The van der Waals surface area contributed by atoms with Gasteiger partial charge in [0, 0.05) is 84.2 Å². The molecular weight excluding hydrogens is 560 g/mol. The molecule has 0 bridgehead atoms. The summed E-state index contributed by atoms with van der Waals surface area (Å²) in [6.07, 6.45) is 0. The first kappa shape index (κ1) is 34.2. The van der Waals surface area contributed by atoms with E-state index in [4.69, 9.17) is 0 Å². The zero-order valence-electron chi connectivity index (χ0n) is 22.5. The molecule has 0 fully saturated rings. The van der Waals surface area contributed by atoms with Crippen molar-refractivity contribution in [2.45, 2.75) is 118 Å². The van der Waals surface area contributed by atoms with Crippen LogP contribution in [0.1, 0.15) is 0 Å². The second-order valence-electron chi connectivity index (χ2n) is 14.2. The minimum atomic E-state index is -0.832. The molecule has 27 heavy (non-hydrogen) atoms. The second kappa shape index (κ2) is 10.9. The Morgan fingerprint density at radius 2 is 0.333 bits per heavy atom. The fraction of sp³-hybridized carbons (Fsp3) is 1.00. The molecule has 0 atom stereocenters. The Bertz CT molecular complexity index is 317. The van der Waals surface area contributed by atoms with E-state index in [0.717, 1.165) is 0 Å². The number of hydrogen-bond acceptors (Lipinski definition) is 0. The van der Waals surface area contributed by atoms with Crippen molar-refractivity contribution < 1.29 is 0 Å². The molecule has 0 rings (SSSR count). The van der Waals surface area contributed by atoms with Crippen LogP contribution in [-0.2, 0) is 0 Å². The molecule has 0 heterocycles. The molecule has 9 heteroatoms. The van der Waals surface area contributed by atoms with Gasteiger partial charge in [0.15, 0.2) is 0 Å². The Morgan fingerprint density at radius 3 is 0.333 bits per heavy atom. The van der Waals surface area contributed by atoms with Gasteiger partial charge in [-0.1, -0.05) is 118 Å². The molecule has 0 aliphatic rings. The summed E-state index contributed by atoms with van der Waals surface area (Å²) < 4.78 is 0. The van der Waals surface area contributed by atoms with Gasteiger partial charge in [-0.25, -0.2) is 0 Å². The van der Waals surface area contributed by atoms with Crippen LogP contribution in [0.4, 0.5) is 0 Å². The SMILES string of the molecule is C[Si](C)(C)[Si]([Si](C)(C)C)[Si](C)(C)C.C[Si](C)(C)[Si]([Si](C)(C)C)[Si](C)(C)C.[Sn]. The standard InChI is InChI=1S/2C9H27Si4.Sn/c2*1-11(2,3)10(12(4,5)6)13(7,8)9;/h2*1-9H3;. The average molecular weight is 614 g/mol. The molecule has 0 aliphatic heterocycles. The topological polar surface area (TPSA) is 0 Å². The summed E-state index contributed by atoms with van der Waals surface area (Å²) in [7, 11) is -4.94. The maximum absolute atomic E-state index is 2.61. The van der Waals surface area contributed by atoms with Crippen LogP contribution in [0.3, 0.4) is 0 Å². The predicted octanol–water partition coefficient (Wildman–Crippen LogP) is 7.08. The normalized spacial score (nSPS) is 14.7. The summed E-state index contributed by atoms with van der Waals surface area (Å²) in [5.41, 5.74) is 0. The number of rotatable bonds is 6. The maximum atomic E-state index is 2.61. The molecule has 0 amide bonds. The fourth-order valence-corrected chi connectivity index (χ4v) is 182. The first-order valence-electron chi connectivity index (χ1n) is 10.5. The van der Waals surface area contributed by atoms with Crippen LogP contribution in [0.15, 0.2) is 0 Å². The van der Waals surface area contributed by atoms with Gasteiger partial charge in [0.1, 0.15) is 0 Å². The summed E-state index contributed by atoms with van der Waals surface area (Å²) in [6.45, 7) is 47.0. The summed E-state index contributed by atoms with van der Waals surface area (Å²) >= 11 is 0. The Balaban J connectivity index is -0.000000411. The molecule has 0 aromatic heterocycles. The van der Waals surface area contributed by atoms with Gasteiger partial charge in [-0.2, -0.15) is 0 Å². The summed E-state index contributed by atoms with van der Waals surface area (Å²) in [5.74, 6) is 0. The second-order valence-corrected chi connectivity index (χ2v) is 87.8. The van der Waals surface area contributed by atoms with E-state index < -0.39 is 45.5 Å². The fourth-order valence-electron chi connectivity index (χ4n) is 6.75. The molecule has 0 saturated carbocycles. The molecule has 0 nitrogen and oxygen atoms in total. The molecule has 6 radical (unpaired) electrons. The minimum absolute atomic E-state index is 0. The third-order valence-corrected chi connectivity index (χ3v) is 122. The van der Waals surface area contributed by atoms with E-state index in [2.05, 4.69) is 118 Å². The molecule has 0 aromatic carbocycles. The van der Waals surface area contributed by atoms with Crippen LogP contribution in [0.25, 0.3) is 0 Å². The van der Waals surface area contributed by atoms with Gasteiger partial charge in [-0.05, 0) is 0 Å². The zero-order chi connectivity index (χ0) is 22.2. The van der Waals surface area contributed by atoms with E-state index in [0.29, 0.717) is 0 Å². The molecule has 0 aliphatic carbocycles. The molecule has 0 unspecified atom stereocenters.